The van der Waals surface area contributed by atoms with E-state index < -0.39 is 6.04 Å². The molecule has 1 aromatic heterocycles. The van der Waals surface area contributed by atoms with Gasteiger partial charge in [0, 0.05) is 17.8 Å². The number of aromatic nitrogens is 2. The van der Waals surface area contributed by atoms with Crippen LogP contribution in [0.4, 0.5) is 0 Å². The Morgan fingerprint density at radius 2 is 1.78 bits per heavy atom. The van der Waals surface area contributed by atoms with Crippen LogP contribution in [-0.4, -0.2) is 38.9 Å². The molecule has 1 aliphatic heterocycles. The van der Waals surface area contributed by atoms with Crippen LogP contribution in [0.2, 0.25) is 0 Å². The zero-order valence-electron chi connectivity index (χ0n) is 20.0. The Kier molecular flexibility index (Phi) is 6.69. The number of hydrogen-bond donors (Lipinski definition) is 2. The highest BCUT2D eigenvalue weighted by Gasteiger charge is 2.34. The maximum atomic E-state index is 10.5. The molecule has 4 aromatic rings. The number of nitrogens with one attached hydrogen (secondary N) is 1. The van der Waals surface area contributed by atoms with Gasteiger partial charge in [0.2, 0.25) is 5.82 Å². The topological polar surface area (TPSA) is 83.7 Å². The van der Waals surface area contributed by atoms with Crippen LogP contribution in [0.25, 0.3) is 17.0 Å². The van der Waals surface area contributed by atoms with Crippen LogP contribution < -0.4 is 10.1 Å². The van der Waals surface area contributed by atoms with Crippen LogP contribution in [0.3, 0.4) is 0 Å². The Hall–Kier alpha value is -4.17. The minimum absolute atomic E-state index is 0.0433. The van der Waals surface area contributed by atoms with Crippen LogP contribution in [0.15, 0.2) is 89.1 Å². The third kappa shape index (κ3) is 4.67. The molecule has 2 heterocycles. The molecule has 5 rings (SSSR count). The van der Waals surface area contributed by atoms with Crippen molar-refractivity contribution >= 4 is 22.9 Å². The number of benzene rings is 3. The number of nitrogens with zero attached hydrogens (tertiary/aromatic N) is 3. The minimum Gasteiger partial charge on any atom is -0.504 e. The molecule has 0 saturated heterocycles. The van der Waals surface area contributed by atoms with Gasteiger partial charge in [0.1, 0.15) is 0 Å². The molecule has 0 radical (unpaired) electrons. The van der Waals surface area contributed by atoms with Crippen molar-refractivity contribution in [1.29, 1.82) is 0 Å². The van der Waals surface area contributed by atoms with Gasteiger partial charge in [-0.1, -0.05) is 71.9 Å². The largest absolute Gasteiger partial charge is 0.504 e. The maximum Gasteiger partial charge on any atom is 0.258 e. The van der Waals surface area contributed by atoms with Crippen molar-refractivity contribution in [3.8, 4) is 22.9 Å². The summed E-state index contributed by atoms with van der Waals surface area (Å²) in [5.74, 6) is 1.34. The van der Waals surface area contributed by atoms with Gasteiger partial charge < -0.3 is 24.6 Å². The molecule has 36 heavy (non-hydrogen) atoms. The van der Waals surface area contributed by atoms with Crippen molar-refractivity contribution in [3.63, 3.8) is 0 Å². The molecule has 0 aliphatic carbocycles. The number of hydrogen-bond acceptors (Lipinski definition) is 6. The number of ether oxygens (including phenoxy) is 1. The molecule has 1 aliphatic rings. The number of rotatable bonds is 7. The normalized spacial score (nSPS) is 15.7. The second-order valence-electron chi connectivity index (χ2n) is 8.49. The summed E-state index contributed by atoms with van der Waals surface area (Å²) in [6.07, 6.45) is 0.820. The van der Waals surface area contributed by atoms with Crippen LogP contribution in [0, 0.1) is 0 Å². The highest BCUT2D eigenvalue weighted by Crippen LogP contribution is 2.39. The monoisotopic (exact) mass is 498 g/mol. The van der Waals surface area contributed by atoms with Crippen LogP contribution >= 0.6 is 12.2 Å². The van der Waals surface area contributed by atoms with Crippen molar-refractivity contribution in [3.05, 3.63) is 102 Å². The van der Waals surface area contributed by atoms with E-state index in [1.807, 2.05) is 61.5 Å². The fraction of sp³-hybridized carbons (Fsp3) is 0.179. The summed E-state index contributed by atoms with van der Waals surface area (Å²) in [7, 11) is 1.52. The molecule has 1 unspecified atom stereocenters. The van der Waals surface area contributed by atoms with Crippen LogP contribution in [0.5, 0.6) is 11.5 Å². The molecule has 182 valence electrons. The van der Waals surface area contributed by atoms with Gasteiger partial charge in [0.25, 0.3) is 5.89 Å². The van der Waals surface area contributed by atoms with E-state index in [-0.39, 0.29) is 5.75 Å². The van der Waals surface area contributed by atoms with Crippen molar-refractivity contribution in [2.45, 2.75) is 19.4 Å². The molecule has 2 N–H and O–H groups in total. The van der Waals surface area contributed by atoms with Gasteiger partial charge in [-0.2, -0.15) is 4.98 Å². The Labute approximate surface area is 215 Å². The van der Waals surface area contributed by atoms with E-state index in [1.54, 1.807) is 12.1 Å². The van der Waals surface area contributed by atoms with Gasteiger partial charge in [-0.05, 0) is 48.8 Å². The molecule has 0 spiro atoms. The second kappa shape index (κ2) is 10.2. The second-order valence-corrected chi connectivity index (χ2v) is 8.88. The van der Waals surface area contributed by atoms with Crippen molar-refractivity contribution in [2.75, 3.05) is 13.7 Å². The Morgan fingerprint density at radius 1 is 1.06 bits per heavy atom. The zero-order valence-corrected chi connectivity index (χ0v) is 20.8. The molecule has 0 bridgehead atoms. The first-order chi connectivity index (χ1) is 17.5. The van der Waals surface area contributed by atoms with Crippen molar-refractivity contribution < 1.29 is 14.4 Å². The summed E-state index contributed by atoms with van der Waals surface area (Å²) < 4.78 is 11.0. The Morgan fingerprint density at radius 3 is 2.47 bits per heavy atom. The first-order valence-electron chi connectivity index (χ1n) is 11.6. The van der Waals surface area contributed by atoms with E-state index >= 15 is 0 Å². The van der Waals surface area contributed by atoms with E-state index in [2.05, 4.69) is 27.5 Å². The van der Waals surface area contributed by atoms with Crippen LogP contribution in [-0.2, 0) is 6.42 Å². The van der Waals surface area contributed by atoms with E-state index in [1.165, 1.54) is 12.7 Å². The number of thiocarbonyl (C=S) groups is 1. The van der Waals surface area contributed by atoms with Crippen molar-refractivity contribution in [2.24, 2.45) is 0 Å². The fourth-order valence-corrected chi connectivity index (χ4v) is 4.73. The van der Waals surface area contributed by atoms with Crippen molar-refractivity contribution in [1.82, 2.24) is 20.4 Å². The highest BCUT2D eigenvalue weighted by molar-refractivity contribution is 7.80. The standard InChI is InChI=1S/C28H26N4O3S/c1-18-24(27-30-26(31-35-27)20-11-7-4-8-12-20)25(21-13-14-23(34-2)22(33)17-21)29-28(36)32(18)16-15-19-9-5-3-6-10-19/h3-14,17,25,33H,15-16H2,1-2H3,(H,29,36). The number of allylic oxidation sites excluding steroid dienone is 1. The number of methoxy groups -OCH3 is 1. The lowest BCUT2D eigenvalue weighted by Gasteiger charge is -2.37. The number of phenolic OH excluding ortho intramolecular Hbond substituents is 1. The van der Waals surface area contributed by atoms with Gasteiger partial charge in [-0.25, -0.2) is 0 Å². The summed E-state index contributed by atoms with van der Waals surface area (Å²) in [6.45, 7) is 2.70. The molecule has 3 aromatic carbocycles. The van der Waals surface area contributed by atoms with Gasteiger partial charge in [-0.15, -0.1) is 0 Å². The van der Waals surface area contributed by atoms with Gasteiger partial charge in [-0.3, -0.25) is 0 Å². The molecule has 0 saturated carbocycles. The third-order valence-electron chi connectivity index (χ3n) is 6.29. The van der Waals surface area contributed by atoms with Gasteiger partial charge >= 0.3 is 0 Å². The lowest BCUT2D eigenvalue weighted by molar-refractivity contribution is 0.372. The van der Waals surface area contributed by atoms with E-state index in [9.17, 15) is 5.11 Å². The minimum atomic E-state index is -0.397. The lowest BCUT2D eigenvalue weighted by Crippen LogP contribution is -2.46. The van der Waals surface area contributed by atoms with E-state index in [0.29, 0.717) is 29.1 Å². The molecular formula is C28H26N4O3S. The highest BCUT2D eigenvalue weighted by atomic mass is 32.1. The summed E-state index contributed by atoms with van der Waals surface area (Å²) in [5, 5.41) is 18.7. The summed E-state index contributed by atoms with van der Waals surface area (Å²) >= 11 is 5.79. The molecular weight excluding hydrogens is 472 g/mol. The number of aromatic hydroxyl groups is 1. The lowest BCUT2D eigenvalue weighted by atomic mass is 9.94. The summed E-state index contributed by atoms with van der Waals surface area (Å²) in [6, 6.07) is 24.9. The Bertz CT molecular complexity index is 1400. The molecule has 8 heteroatoms. The van der Waals surface area contributed by atoms with E-state index in [4.69, 9.17) is 26.5 Å². The fourth-order valence-electron chi connectivity index (χ4n) is 4.39. The molecule has 7 nitrogen and oxygen atoms in total. The molecule has 1 atom stereocenters. The average Bonchev–Trinajstić information content (AvgIpc) is 3.39. The maximum absolute atomic E-state index is 10.5. The Balaban J connectivity index is 1.56. The SMILES string of the molecule is COc1ccc(C2NC(=S)N(CCc3ccccc3)C(C)=C2c2nc(-c3ccccc3)no2)cc1O. The first-order valence-corrected chi connectivity index (χ1v) is 12.0. The van der Waals surface area contributed by atoms with Gasteiger partial charge in [0.05, 0.1) is 18.7 Å². The third-order valence-corrected chi connectivity index (χ3v) is 6.63. The summed E-state index contributed by atoms with van der Waals surface area (Å²) in [5.41, 5.74) is 4.60. The predicted octanol–water partition coefficient (Wildman–Crippen LogP) is 5.36. The molecule has 0 amide bonds. The number of phenols is 1. The van der Waals surface area contributed by atoms with E-state index in [0.717, 1.165) is 28.8 Å². The first kappa shape index (κ1) is 23.6. The summed E-state index contributed by atoms with van der Waals surface area (Å²) in [4.78, 5) is 6.79. The smallest absolute Gasteiger partial charge is 0.258 e. The van der Waals surface area contributed by atoms with Crippen LogP contribution in [0.1, 0.15) is 30.0 Å². The predicted molar refractivity (Wildman–Crippen MR) is 142 cm³/mol. The quantitative estimate of drug-likeness (QED) is 0.330. The average molecular weight is 499 g/mol. The zero-order chi connectivity index (χ0) is 25.1. The molecule has 0 fully saturated rings. The van der Waals surface area contributed by atoms with Gasteiger partial charge in [0.15, 0.2) is 16.6 Å².